The molecule has 0 aromatic rings. The molecule has 0 aliphatic rings. The van der Waals surface area contributed by atoms with Crippen molar-refractivity contribution in [2.75, 3.05) is 17.8 Å². The van der Waals surface area contributed by atoms with Crippen LogP contribution in [0.15, 0.2) is 0 Å². The van der Waals surface area contributed by atoms with Crippen LogP contribution >= 0.6 is 11.8 Å². The number of hydrogen-bond donors (Lipinski definition) is 0. The van der Waals surface area contributed by atoms with Gasteiger partial charge in [-0.25, -0.2) is 8.42 Å². The van der Waals surface area contributed by atoms with Crippen LogP contribution in [0.1, 0.15) is 19.3 Å². The third-order valence-corrected chi connectivity index (χ3v) is 2.98. The van der Waals surface area contributed by atoms with Gasteiger partial charge in [-0.2, -0.15) is 5.26 Å². The molecule has 12 heavy (non-hydrogen) atoms. The molecule has 0 rings (SSSR count). The largest absolute Gasteiger partial charge is 0.229 e. The Morgan fingerprint density at radius 3 is 2.50 bits per heavy atom. The van der Waals surface area contributed by atoms with Crippen molar-refractivity contribution in [2.45, 2.75) is 19.3 Å². The van der Waals surface area contributed by atoms with Gasteiger partial charge in [-0.15, -0.1) is 0 Å². The van der Waals surface area contributed by atoms with Crippen molar-refractivity contribution in [3.8, 4) is 5.40 Å². The third-order valence-electron chi connectivity index (χ3n) is 1.33. The molecule has 0 aliphatic heterocycles. The first-order valence-electron chi connectivity index (χ1n) is 3.75. The van der Waals surface area contributed by atoms with E-state index in [0.29, 0.717) is 6.42 Å². The number of unbranched alkanes of at least 4 members (excludes halogenated alkanes) is 2. The van der Waals surface area contributed by atoms with E-state index >= 15 is 0 Å². The molecule has 5 heteroatoms. The zero-order valence-electron chi connectivity index (χ0n) is 7.12. The number of nitrogens with zero attached hydrogens (tertiary/aromatic N) is 1. The summed E-state index contributed by atoms with van der Waals surface area (Å²) in [7, 11) is -2.79. The third kappa shape index (κ3) is 9.79. The molecule has 0 spiro atoms. The minimum absolute atomic E-state index is 0.268. The lowest BCUT2D eigenvalue weighted by molar-refractivity contribution is 0.597. The Balaban J connectivity index is 3.18. The fourth-order valence-electron chi connectivity index (χ4n) is 0.761. The van der Waals surface area contributed by atoms with Crippen LogP contribution in [-0.2, 0) is 9.84 Å². The zero-order valence-corrected chi connectivity index (χ0v) is 8.75. The lowest BCUT2D eigenvalue weighted by Gasteiger charge is -1.96. The van der Waals surface area contributed by atoms with Gasteiger partial charge in [-0.05, 0) is 24.6 Å². The molecule has 0 aliphatic carbocycles. The molecule has 70 valence electrons. The fraction of sp³-hybridized carbons (Fsp3) is 0.857. The molecule has 0 aromatic carbocycles. The standard InChI is InChI=1S/C7H13NO2S2/c1-12(9,10)6-4-2-3-5-11-7-8/h2-6H2,1H3. The Hall–Kier alpha value is -0.210. The molecule has 0 atom stereocenters. The van der Waals surface area contributed by atoms with Gasteiger partial charge in [0.05, 0.1) is 0 Å². The number of nitriles is 1. The van der Waals surface area contributed by atoms with E-state index < -0.39 is 9.84 Å². The summed E-state index contributed by atoms with van der Waals surface area (Å²) in [6.45, 7) is 0. The summed E-state index contributed by atoms with van der Waals surface area (Å²) in [5, 5.41) is 10.1. The Morgan fingerprint density at radius 1 is 1.33 bits per heavy atom. The lowest BCUT2D eigenvalue weighted by Crippen LogP contribution is -2.02. The zero-order chi connectivity index (χ0) is 9.45. The van der Waals surface area contributed by atoms with Gasteiger partial charge in [-0.3, -0.25) is 0 Å². The first-order valence-corrected chi connectivity index (χ1v) is 6.79. The molecular weight excluding hydrogens is 194 g/mol. The molecule has 0 N–H and O–H groups in total. The average Bonchev–Trinajstić information content (AvgIpc) is 1.94. The number of thiocyanates is 1. The molecule has 3 nitrogen and oxygen atoms in total. The van der Waals surface area contributed by atoms with Crippen molar-refractivity contribution in [3.05, 3.63) is 0 Å². The summed E-state index contributed by atoms with van der Waals surface area (Å²) in [6.07, 6.45) is 3.78. The topological polar surface area (TPSA) is 57.9 Å². The summed E-state index contributed by atoms with van der Waals surface area (Å²) in [6, 6.07) is 0. The van der Waals surface area contributed by atoms with Crippen molar-refractivity contribution in [2.24, 2.45) is 0 Å². The van der Waals surface area contributed by atoms with Gasteiger partial charge >= 0.3 is 0 Å². The second-order valence-electron chi connectivity index (χ2n) is 2.63. The molecule has 0 fully saturated rings. The maximum atomic E-state index is 10.7. The quantitative estimate of drug-likeness (QED) is 0.488. The van der Waals surface area contributed by atoms with Gasteiger partial charge in [0.15, 0.2) is 0 Å². The van der Waals surface area contributed by atoms with Crippen molar-refractivity contribution in [3.63, 3.8) is 0 Å². The second-order valence-corrected chi connectivity index (χ2v) is 5.77. The minimum Gasteiger partial charge on any atom is -0.229 e. The molecule has 0 radical (unpaired) electrons. The summed E-state index contributed by atoms with van der Waals surface area (Å²) >= 11 is 1.22. The van der Waals surface area contributed by atoms with Crippen LogP contribution in [0.25, 0.3) is 0 Å². The van der Waals surface area contributed by atoms with Gasteiger partial charge in [0.25, 0.3) is 0 Å². The van der Waals surface area contributed by atoms with Crippen LogP contribution in [-0.4, -0.2) is 26.2 Å². The molecule has 0 aromatic heterocycles. The van der Waals surface area contributed by atoms with Crippen LogP contribution in [0.4, 0.5) is 0 Å². The fourth-order valence-corrected chi connectivity index (χ4v) is 1.93. The lowest BCUT2D eigenvalue weighted by atomic mass is 10.3. The van der Waals surface area contributed by atoms with Gasteiger partial charge in [-0.1, -0.05) is 6.42 Å². The predicted octanol–water partition coefficient (Wildman–Crippen LogP) is 1.42. The highest BCUT2D eigenvalue weighted by Gasteiger charge is 2.00. The monoisotopic (exact) mass is 207 g/mol. The van der Waals surface area contributed by atoms with Crippen LogP contribution in [0.5, 0.6) is 0 Å². The highest BCUT2D eigenvalue weighted by atomic mass is 32.2. The summed E-state index contributed by atoms with van der Waals surface area (Å²) in [4.78, 5) is 0. The van der Waals surface area contributed by atoms with Gasteiger partial charge < -0.3 is 0 Å². The number of hydrogen-bond acceptors (Lipinski definition) is 4. The van der Waals surface area contributed by atoms with Gasteiger partial charge in [0.1, 0.15) is 15.2 Å². The second kappa shape index (κ2) is 6.32. The molecule has 0 heterocycles. The average molecular weight is 207 g/mol. The van der Waals surface area contributed by atoms with Crippen molar-refractivity contribution in [1.29, 1.82) is 5.26 Å². The van der Waals surface area contributed by atoms with Crippen LogP contribution in [0.2, 0.25) is 0 Å². The Kier molecular flexibility index (Phi) is 6.21. The van der Waals surface area contributed by atoms with Gasteiger partial charge in [0.2, 0.25) is 0 Å². The summed E-state index contributed by atoms with van der Waals surface area (Å²) in [5.74, 6) is 1.07. The Morgan fingerprint density at radius 2 is 2.00 bits per heavy atom. The predicted molar refractivity (Wildman–Crippen MR) is 51.6 cm³/mol. The molecule has 0 unspecified atom stereocenters. The first-order chi connectivity index (χ1) is 5.56. The highest BCUT2D eigenvalue weighted by molar-refractivity contribution is 8.03. The molecule has 0 bridgehead atoms. The molecule has 0 saturated heterocycles. The number of thioether (sulfide) groups is 1. The van der Waals surface area contributed by atoms with Crippen molar-refractivity contribution < 1.29 is 8.42 Å². The maximum absolute atomic E-state index is 10.7. The van der Waals surface area contributed by atoms with E-state index in [9.17, 15) is 8.42 Å². The molecule has 0 amide bonds. The van der Waals surface area contributed by atoms with Crippen LogP contribution in [0.3, 0.4) is 0 Å². The van der Waals surface area contributed by atoms with E-state index in [2.05, 4.69) is 0 Å². The minimum atomic E-state index is -2.79. The Labute approximate surface area is 78.1 Å². The highest BCUT2D eigenvalue weighted by Crippen LogP contribution is 2.04. The normalized spacial score (nSPS) is 11.0. The maximum Gasteiger partial charge on any atom is 0.147 e. The molecule has 0 saturated carbocycles. The summed E-state index contributed by atoms with van der Waals surface area (Å²) < 4.78 is 21.3. The number of rotatable bonds is 6. The van der Waals surface area contributed by atoms with E-state index in [1.165, 1.54) is 18.0 Å². The van der Waals surface area contributed by atoms with Gasteiger partial charge in [0, 0.05) is 17.8 Å². The van der Waals surface area contributed by atoms with E-state index in [-0.39, 0.29) is 5.75 Å². The van der Waals surface area contributed by atoms with E-state index in [0.717, 1.165) is 18.6 Å². The molecular formula is C7H13NO2S2. The van der Waals surface area contributed by atoms with Crippen molar-refractivity contribution in [1.82, 2.24) is 0 Å². The van der Waals surface area contributed by atoms with E-state index in [1.54, 1.807) is 0 Å². The smallest absolute Gasteiger partial charge is 0.147 e. The first kappa shape index (κ1) is 11.8. The van der Waals surface area contributed by atoms with E-state index in [4.69, 9.17) is 5.26 Å². The Bertz CT molecular complexity index is 241. The van der Waals surface area contributed by atoms with Crippen LogP contribution < -0.4 is 0 Å². The van der Waals surface area contributed by atoms with Crippen LogP contribution in [0, 0.1) is 10.7 Å². The summed E-state index contributed by atoms with van der Waals surface area (Å²) in [5.41, 5.74) is 0. The SMILES string of the molecule is CS(=O)(=O)CCCCCSC#N. The number of sulfone groups is 1. The van der Waals surface area contributed by atoms with E-state index in [1.807, 2.05) is 5.40 Å². The van der Waals surface area contributed by atoms with Crippen molar-refractivity contribution >= 4 is 21.6 Å².